The van der Waals surface area contributed by atoms with Gasteiger partial charge in [-0.2, -0.15) is 0 Å². The van der Waals surface area contributed by atoms with E-state index < -0.39 is 30.0 Å². The van der Waals surface area contributed by atoms with Crippen molar-refractivity contribution in [2.24, 2.45) is 0 Å². The number of hydrogen-bond donors (Lipinski definition) is 1. The van der Waals surface area contributed by atoms with Crippen LogP contribution in [0.2, 0.25) is 0 Å². The average Bonchev–Trinajstić information content (AvgIpc) is 2.38. The van der Waals surface area contributed by atoms with E-state index in [4.69, 9.17) is 0 Å². The van der Waals surface area contributed by atoms with E-state index in [1.165, 1.54) is 0 Å². The highest BCUT2D eigenvalue weighted by atomic mass is 32.2. The van der Waals surface area contributed by atoms with Crippen molar-refractivity contribution in [2.75, 3.05) is 23.8 Å². The normalized spacial score (nSPS) is 28.4. The van der Waals surface area contributed by atoms with Crippen LogP contribution in [0.5, 0.6) is 0 Å². The van der Waals surface area contributed by atoms with Crippen molar-refractivity contribution >= 4 is 19.7 Å². The van der Waals surface area contributed by atoms with Gasteiger partial charge in [0.05, 0.1) is 22.0 Å². The summed E-state index contributed by atoms with van der Waals surface area (Å²) in [6.45, 7) is 7.14. The second kappa shape index (κ2) is 4.76. The van der Waals surface area contributed by atoms with Crippen LogP contribution in [0.15, 0.2) is 0 Å². The van der Waals surface area contributed by atoms with Gasteiger partial charge in [-0.05, 0) is 34.1 Å². The molecule has 1 fully saturated rings. The smallest absolute Gasteiger partial charge is 0.156 e. The summed E-state index contributed by atoms with van der Waals surface area (Å²) in [7, 11) is -6.12. The molecule has 0 spiro atoms. The molecule has 5 nitrogen and oxygen atoms in total. The average molecular weight is 297 g/mol. The van der Waals surface area contributed by atoms with Gasteiger partial charge in [0.1, 0.15) is 0 Å². The maximum Gasteiger partial charge on any atom is 0.156 e. The molecule has 0 aromatic rings. The van der Waals surface area contributed by atoms with Crippen molar-refractivity contribution in [2.45, 2.75) is 44.4 Å². The largest absolute Gasteiger partial charge is 0.309 e. The molecule has 7 heteroatoms. The maximum absolute atomic E-state index is 11.9. The van der Waals surface area contributed by atoms with Gasteiger partial charge in [-0.3, -0.25) is 0 Å². The standard InChI is InChI=1S/C11H23NO4S2/c1-10(2,3)18(15,16)8-6-12-11(4)5-7-17(13,14)9-11/h12H,5-9H2,1-4H3. The monoisotopic (exact) mass is 297 g/mol. The van der Waals surface area contributed by atoms with Gasteiger partial charge in [-0.25, -0.2) is 16.8 Å². The Hall–Kier alpha value is -0.140. The van der Waals surface area contributed by atoms with Gasteiger partial charge in [0.2, 0.25) is 0 Å². The van der Waals surface area contributed by atoms with E-state index in [0.717, 1.165) is 0 Å². The lowest BCUT2D eigenvalue weighted by Crippen LogP contribution is -2.46. The number of hydrogen-bond acceptors (Lipinski definition) is 5. The Balaban J connectivity index is 2.54. The van der Waals surface area contributed by atoms with E-state index in [9.17, 15) is 16.8 Å². The molecule has 1 aliphatic rings. The first-order valence-corrected chi connectivity index (χ1v) is 9.52. The molecule has 1 heterocycles. The second-order valence-electron chi connectivity index (χ2n) is 6.26. The van der Waals surface area contributed by atoms with Crippen molar-refractivity contribution in [3.63, 3.8) is 0 Å². The molecule has 0 radical (unpaired) electrons. The molecule has 1 rings (SSSR count). The molecule has 1 atom stereocenters. The fraction of sp³-hybridized carbons (Fsp3) is 1.00. The third kappa shape index (κ3) is 3.93. The molecular weight excluding hydrogens is 274 g/mol. The zero-order chi connectivity index (χ0) is 14.2. The minimum atomic E-state index is -3.16. The zero-order valence-electron chi connectivity index (χ0n) is 11.5. The summed E-state index contributed by atoms with van der Waals surface area (Å²) in [6, 6.07) is 0. The van der Waals surface area contributed by atoms with E-state index in [0.29, 0.717) is 13.0 Å². The van der Waals surface area contributed by atoms with E-state index in [1.807, 2.05) is 6.92 Å². The fourth-order valence-corrected chi connectivity index (χ4v) is 5.05. The molecule has 108 valence electrons. The number of sulfone groups is 2. The third-order valence-corrected chi connectivity index (χ3v) is 7.87. The molecule has 0 saturated carbocycles. The first kappa shape index (κ1) is 15.9. The van der Waals surface area contributed by atoms with Crippen LogP contribution in [0.3, 0.4) is 0 Å². The first-order chi connectivity index (χ1) is 7.87. The lowest BCUT2D eigenvalue weighted by atomic mass is 10.0. The molecule has 0 bridgehead atoms. The molecule has 1 N–H and O–H groups in total. The fourth-order valence-electron chi connectivity index (χ4n) is 1.94. The van der Waals surface area contributed by atoms with Gasteiger partial charge in [-0.1, -0.05) is 0 Å². The summed E-state index contributed by atoms with van der Waals surface area (Å²) in [4.78, 5) is 0. The summed E-state index contributed by atoms with van der Waals surface area (Å²) >= 11 is 0. The summed E-state index contributed by atoms with van der Waals surface area (Å²) in [5, 5.41) is 3.08. The molecule has 1 unspecified atom stereocenters. The van der Waals surface area contributed by atoms with Crippen LogP contribution in [-0.2, 0) is 19.7 Å². The van der Waals surface area contributed by atoms with Crippen LogP contribution in [-0.4, -0.2) is 50.9 Å². The van der Waals surface area contributed by atoms with Crippen molar-refractivity contribution in [1.82, 2.24) is 5.32 Å². The predicted molar refractivity (Wildman–Crippen MR) is 73.2 cm³/mol. The second-order valence-corrected chi connectivity index (χ2v) is 11.3. The Kier molecular flexibility index (Phi) is 4.21. The first-order valence-electron chi connectivity index (χ1n) is 6.05. The third-order valence-electron chi connectivity index (χ3n) is 3.36. The van der Waals surface area contributed by atoms with Gasteiger partial charge in [0.15, 0.2) is 19.7 Å². The lowest BCUT2D eigenvalue weighted by molar-refractivity contribution is 0.408. The highest BCUT2D eigenvalue weighted by molar-refractivity contribution is 7.92. The van der Waals surface area contributed by atoms with Crippen LogP contribution in [0, 0.1) is 0 Å². The van der Waals surface area contributed by atoms with Crippen LogP contribution in [0.1, 0.15) is 34.1 Å². The minimum Gasteiger partial charge on any atom is -0.309 e. The van der Waals surface area contributed by atoms with Crippen LogP contribution in [0.25, 0.3) is 0 Å². The highest BCUT2D eigenvalue weighted by Crippen LogP contribution is 2.23. The molecule has 1 saturated heterocycles. The Bertz CT molecular complexity index is 502. The van der Waals surface area contributed by atoms with Gasteiger partial charge in [-0.15, -0.1) is 0 Å². The SMILES string of the molecule is CC1(NCCS(=O)(=O)C(C)(C)C)CCS(=O)(=O)C1. The molecule has 0 aromatic carbocycles. The molecule has 1 aliphatic heterocycles. The van der Waals surface area contributed by atoms with Gasteiger partial charge in [0.25, 0.3) is 0 Å². The summed E-state index contributed by atoms with van der Waals surface area (Å²) in [5.41, 5.74) is -0.480. The summed E-state index contributed by atoms with van der Waals surface area (Å²) in [6.07, 6.45) is 0.547. The van der Waals surface area contributed by atoms with Crippen molar-refractivity contribution in [3.8, 4) is 0 Å². The maximum atomic E-state index is 11.9. The van der Waals surface area contributed by atoms with Crippen molar-refractivity contribution in [1.29, 1.82) is 0 Å². The molecular formula is C11H23NO4S2. The van der Waals surface area contributed by atoms with Crippen LogP contribution in [0.4, 0.5) is 0 Å². The van der Waals surface area contributed by atoms with E-state index in [2.05, 4.69) is 5.32 Å². The van der Waals surface area contributed by atoms with Crippen molar-refractivity contribution < 1.29 is 16.8 Å². The van der Waals surface area contributed by atoms with E-state index in [1.54, 1.807) is 20.8 Å². The van der Waals surface area contributed by atoms with Crippen LogP contribution >= 0.6 is 0 Å². The topological polar surface area (TPSA) is 80.3 Å². The lowest BCUT2D eigenvalue weighted by Gasteiger charge is -2.25. The molecule has 0 aromatic heterocycles. The van der Waals surface area contributed by atoms with E-state index in [-0.39, 0.29) is 17.3 Å². The van der Waals surface area contributed by atoms with E-state index >= 15 is 0 Å². The number of nitrogens with one attached hydrogen (secondary N) is 1. The summed E-state index contributed by atoms with van der Waals surface area (Å²) < 4.78 is 45.8. The Morgan fingerprint density at radius 1 is 1.28 bits per heavy atom. The predicted octanol–water partition coefficient (Wildman–Crippen LogP) is 0.367. The van der Waals surface area contributed by atoms with Crippen molar-refractivity contribution in [3.05, 3.63) is 0 Å². The highest BCUT2D eigenvalue weighted by Gasteiger charge is 2.38. The Labute approximate surface area is 110 Å². The number of rotatable bonds is 4. The molecule has 0 amide bonds. The summed E-state index contributed by atoms with van der Waals surface area (Å²) in [5.74, 6) is 0.310. The van der Waals surface area contributed by atoms with Gasteiger partial charge < -0.3 is 5.32 Å². The molecule has 18 heavy (non-hydrogen) atoms. The Morgan fingerprint density at radius 2 is 1.83 bits per heavy atom. The zero-order valence-corrected chi connectivity index (χ0v) is 13.1. The van der Waals surface area contributed by atoms with Crippen LogP contribution < -0.4 is 5.32 Å². The minimum absolute atomic E-state index is 0.0339. The molecule has 0 aliphatic carbocycles. The van der Waals surface area contributed by atoms with Gasteiger partial charge in [0, 0.05) is 12.1 Å². The quantitative estimate of drug-likeness (QED) is 0.811. The van der Waals surface area contributed by atoms with Gasteiger partial charge >= 0.3 is 0 Å². The Morgan fingerprint density at radius 3 is 2.22 bits per heavy atom.